The minimum Gasteiger partial charge on any atom is -0.465 e. The van der Waals surface area contributed by atoms with Gasteiger partial charge in [-0.05, 0) is 17.7 Å². The fourth-order valence-corrected chi connectivity index (χ4v) is 3.21. The monoisotopic (exact) mass is 435 g/mol. The van der Waals surface area contributed by atoms with Crippen LogP contribution in [0.15, 0.2) is 42.5 Å². The van der Waals surface area contributed by atoms with Crippen molar-refractivity contribution in [1.82, 2.24) is 0 Å². The summed E-state index contributed by atoms with van der Waals surface area (Å²) in [5.74, 6) is -0.652. The summed E-state index contributed by atoms with van der Waals surface area (Å²) in [5.41, 5.74) is 0.193. The number of aliphatic hydroxyl groups is 4. The smallest absolute Gasteiger partial charge is 0.338 e. The number of esters is 1. The predicted molar refractivity (Wildman–Crippen MR) is 104 cm³/mol. The number of benzene rings is 2. The minimum absolute atomic E-state index is 0.0469. The Morgan fingerprint density at radius 1 is 1.13 bits per heavy atom. The second-order valence-electron chi connectivity index (χ2n) is 6.83. The molecule has 3 rings (SSSR count). The Kier molecular flexibility index (Phi) is 6.83. The Bertz CT molecular complexity index is 963. The van der Waals surface area contributed by atoms with Gasteiger partial charge in [0.05, 0.1) is 24.2 Å². The van der Waals surface area contributed by atoms with E-state index < -0.39 is 48.2 Å². The van der Waals surface area contributed by atoms with Gasteiger partial charge in [-0.25, -0.2) is 4.79 Å². The molecule has 1 heterocycles. The average Bonchev–Trinajstić information content (AvgIpc) is 2.78. The van der Waals surface area contributed by atoms with E-state index in [9.17, 15) is 35.3 Å². The molecule has 0 aliphatic carbocycles. The molecule has 1 fully saturated rings. The molecule has 2 aromatic rings. The molecule has 0 aromatic heterocycles. The largest absolute Gasteiger partial charge is 0.465 e. The van der Waals surface area contributed by atoms with Crippen LogP contribution in [0, 0.1) is 10.1 Å². The molecule has 0 radical (unpaired) electrons. The Hall–Kier alpha value is -3.09. The van der Waals surface area contributed by atoms with E-state index in [1.165, 1.54) is 18.2 Å². The SMILES string of the molecule is COC(=O)c1cc(-c2ccccc2O[C@@H]2OC(CO)[C@H](O)[C@H](O)C2O)cc([N+](=O)[O-])c1. The van der Waals surface area contributed by atoms with E-state index in [2.05, 4.69) is 4.74 Å². The zero-order valence-corrected chi connectivity index (χ0v) is 16.3. The molecule has 0 amide bonds. The van der Waals surface area contributed by atoms with Crippen molar-refractivity contribution in [3.05, 3.63) is 58.1 Å². The van der Waals surface area contributed by atoms with Crippen LogP contribution < -0.4 is 4.74 Å². The Balaban J connectivity index is 2.00. The molecule has 166 valence electrons. The topological polar surface area (TPSA) is 169 Å². The van der Waals surface area contributed by atoms with Gasteiger partial charge in [0.25, 0.3) is 5.69 Å². The van der Waals surface area contributed by atoms with Crippen molar-refractivity contribution in [3.63, 3.8) is 0 Å². The van der Waals surface area contributed by atoms with Gasteiger partial charge in [0.2, 0.25) is 6.29 Å². The van der Waals surface area contributed by atoms with Gasteiger partial charge < -0.3 is 34.6 Å². The number of methoxy groups -OCH3 is 1. The first-order chi connectivity index (χ1) is 14.8. The number of hydrogen-bond donors (Lipinski definition) is 4. The number of carbonyl (C=O) groups excluding carboxylic acids is 1. The van der Waals surface area contributed by atoms with Crippen LogP contribution in [-0.4, -0.2) is 75.7 Å². The third-order valence-corrected chi connectivity index (χ3v) is 4.84. The van der Waals surface area contributed by atoms with Crippen LogP contribution in [0.2, 0.25) is 0 Å². The maximum Gasteiger partial charge on any atom is 0.338 e. The highest BCUT2D eigenvalue weighted by atomic mass is 16.7. The summed E-state index contributed by atoms with van der Waals surface area (Å²) in [6.07, 6.45) is -7.43. The summed E-state index contributed by atoms with van der Waals surface area (Å²) >= 11 is 0. The number of nitrogens with zero attached hydrogens (tertiary/aromatic N) is 1. The van der Waals surface area contributed by atoms with Gasteiger partial charge >= 0.3 is 5.97 Å². The zero-order valence-electron chi connectivity index (χ0n) is 16.3. The van der Waals surface area contributed by atoms with Crippen molar-refractivity contribution in [2.45, 2.75) is 30.7 Å². The Labute approximate surface area is 176 Å². The van der Waals surface area contributed by atoms with Crippen molar-refractivity contribution in [1.29, 1.82) is 0 Å². The van der Waals surface area contributed by atoms with Crippen LogP contribution in [0.25, 0.3) is 11.1 Å². The lowest BCUT2D eigenvalue weighted by Crippen LogP contribution is -2.60. The van der Waals surface area contributed by atoms with Crippen LogP contribution >= 0.6 is 0 Å². The molecule has 31 heavy (non-hydrogen) atoms. The zero-order chi connectivity index (χ0) is 22.7. The lowest BCUT2D eigenvalue weighted by molar-refractivity contribution is -0.384. The van der Waals surface area contributed by atoms with E-state index in [4.69, 9.17) is 9.47 Å². The van der Waals surface area contributed by atoms with Crippen LogP contribution in [-0.2, 0) is 9.47 Å². The van der Waals surface area contributed by atoms with Crippen molar-refractivity contribution >= 4 is 11.7 Å². The summed E-state index contributed by atoms with van der Waals surface area (Å²) in [4.78, 5) is 22.6. The van der Waals surface area contributed by atoms with Crippen LogP contribution in [0.3, 0.4) is 0 Å². The number of aliphatic hydroxyl groups excluding tert-OH is 4. The van der Waals surface area contributed by atoms with Gasteiger partial charge in [0.15, 0.2) is 0 Å². The molecule has 0 saturated carbocycles. The van der Waals surface area contributed by atoms with E-state index in [1.54, 1.807) is 18.2 Å². The molecule has 1 saturated heterocycles. The van der Waals surface area contributed by atoms with Crippen molar-refractivity contribution in [3.8, 4) is 16.9 Å². The number of non-ortho nitro benzene ring substituents is 1. The van der Waals surface area contributed by atoms with Crippen molar-refractivity contribution in [2.75, 3.05) is 13.7 Å². The number of rotatable bonds is 6. The number of carbonyl (C=O) groups is 1. The van der Waals surface area contributed by atoms with E-state index in [1.807, 2.05) is 0 Å². The predicted octanol–water partition coefficient (Wildman–Crippen LogP) is 0.227. The van der Waals surface area contributed by atoms with Crippen LogP contribution in [0.5, 0.6) is 5.75 Å². The molecule has 2 aromatic carbocycles. The number of para-hydroxylation sites is 1. The average molecular weight is 435 g/mol. The number of nitro benzene ring substituents is 1. The molecule has 11 nitrogen and oxygen atoms in total. The molecule has 1 aliphatic rings. The molecular weight excluding hydrogens is 414 g/mol. The number of hydrogen-bond acceptors (Lipinski definition) is 10. The Morgan fingerprint density at radius 3 is 2.48 bits per heavy atom. The van der Waals surface area contributed by atoms with E-state index in [0.29, 0.717) is 5.56 Å². The van der Waals surface area contributed by atoms with E-state index in [-0.39, 0.29) is 22.6 Å². The lowest BCUT2D eigenvalue weighted by atomic mass is 9.99. The first kappa shape index (κ1) is 22.6. The molecular formula is C20H21NO10. The summed E-state index contributed by atoms with van der Waals surface area (Å²) in [5, 5.41) is 50.7. The molecule has 5 atom stereocenters. The molecule has 0 spiro atoms. The van der Waals surface area contributed by atoms with Gasteiger partial charge in [-0.1, -0.05) is 18.2 Å². The third kappa shape index (κ3) is 4.65. The quantitative estimate of drug-likeness (QED) is 0.280. The van der Waals surface area contributed by atoms with E-state index in [0.717, 1.165) is 13.2 Å². The first-order valence-electron chi connectivity index (χ1n) is 9.21. The highest BCUT2D eigenvalue weighted by Gasteiger charge is 2.44. The molecule has 4 N–H and O–H groups in total. The summed E-state index contributed by atoms with van der Waals surface area (Å²) in [7, 11) is 1.15. The van der Waals surface area contributed by atoms with E-state index >= 15 is 0 Å². The second kappa shape index (κ2) is 9.37. The highest BCUT2D eigenvalue weighted by Crippen LogP contribution is 2.35. The maximum atomic E-state index is 11.9. The summed E-state index contributed by atoms with van der Waals surface area (Å²) in [6.45, 7) is -0.625. The van der Waals surface area contributed by atoms with Gasteiger partial charge in [-0.3, -0.25) is 10.1 Å². The highest BCUT2D eigenvalue weighted by molar-refractivity contribution is 5.92. The molecule has 2 unspecified atom stereocenters. The fraction of sp³-hybridized carbons (Fsp3) is 0.350. The molecule has 1 aliphatic heterocycles. The number of nitro groups is 1. The van der Waals surface area contributed by atoms with Gasteiger partial charge in [0, 0.05) is 17.7 Å². The Morgan fingerprint density at radius 2 is 1.84 bits per heavy atom. The second-order valence-corrected chi connectivity index (χ2v) is 6.83. The fourth-order valence-electron chi connectivity index (χ4n) is 3.21. The summed E-state index contributed by atoms with van der Waals surface area (Å²) in [6, 6.07) is 9.99. The normalized spacial score (nSPS) is 25.6. The van der Waals surface area contributed by atoms with Gasteiger partial charge in [-0.15, -0.1) is 0 Å². The van der Waals surface area contributed by atoms with Gasteiger partial charge in [-0.2, -0.15) is 0 Å². The first-order valence-corrected chi connectivity index (χ1v) is 9.21. The van der Waals surface area contributed by atoms with Crippen molar-refractivity contribution < 1.29 is 44.4 Å². The van der Waals surface area contributed by atoms with Crippen molar-refractivity contribution in [2.24, 2.45) is 0 Å². The summed E-state index contributed by atoms with van der Waals surface area (Å²) < 4.78 is 15.7. The van der Waals surface area contributed by atoms with Crippen LogP contribution in [0.4, 0.5) is 5.69 Å². The lowest BCUT2D eigenvalue weighted by Gasteiger charge is -2.39. The van der Waals surface area contributed by atoms with Gasteiger partial charge in [0.1, 0.15) is 30.2 Å². The standard InChI is InChI=1S/C20H21NO10/c1-29-19(26)11-6-10(7-12(8-11)21(27)28)13-4-2-3-5-14(13)30-20-18(25)17(24)16(23)15(9-22)31-20/h2-8,15-18,20,22-25H,9H2,1H3/t15?,16-,17-,18?,20+/m0/s1. The maximum absolute atomic E-state index is 11.9. The molecule has 11 heteroatoms. The third-order valence-electron chi connectivity index (χ3n) is 4.84. The molecule has 0 bridgehead atoms. The number of ether oxygens (including phenoxy) is 3. The van der Waals surface area contributed by atoms with Crippen LogP contribution in [0.1, 0.15) is 10.4 Å². The minimum atomic E-state index is -1.64.